The van der Waals surface area contributed by atoms with Crippen LogP contribution in [0.5, 0.6) is 0 Å². The number of carbonyl (C=O) groups is 3. The molecule has 6 nitrogen and oxygen atoms in total. The number of halogens is 9. The molecule has 6 bridgehead atoms. The van der Waals surface area contributed by atoms with Gasteiger partial charge in [0.2, 0.25) is 17.3 Å². The standard InChI is InChI=1S/3C12H15F3O2.Eu/c3*1-10(2)6-4-5-11(10,3)8(16)7(6)9(17)12(13,14)15;/h3*6,17H,4-5H2,1-3H3;/b9-7+;9-7-;;. The number of fused-ring (bicyclic) bond motifs is 6. The first-order valence-electron chi connectivity index (χ1n) is 16.8. The van der Waals surface area contributed by atoms with E-state index in [-0.39, 0.29) is 49.4 Å². The van der Waals surface area contributed by atoms with Crippen LogP contribution in [0.4, 0.5) is 39.5 Å². The molecule has 295 valence electrons. The predicted octanol–water partition coefficient (Wildman–Crippen LogP) is 10.2. The number of Topliss-reactive ketones (excluding diaryl/α,β-unsaturated/α-hetero) is 3. The summed E-state index contributed by atoms with van der Waals surface area (Å²) in [5.74, 6) is -8.13. The van der Waals surface area contributed by atoms with Crippen LogP contribution in [0.1, 0.15) is 101 Å². The van der Waals surface area contributed by atoms with Crippen LogP contribution in [0, 0.1) is 99.6 Å². The van der Waals surface area contributed by atoms with Gasteiger partial charge in [-0.15, -0.1) is 0 Å². The molecule has 0 heterocycles. The first-order chi connectivity index (χ1) is 22.6. The summed E-state index contributed by atoms with van der Waals surface area (Å²) in [4.78, 5) is 36.2. The van der Waals surface area contributed by atoms with Crippen LogP contribution in [0.25, 0.3) is 0 Å². The number of allylic oxidation sites excluding steroid dienone is 6. The Morgan fingerprint density at radius 1 is 0.462 bits per heavy atom. The van der Waals surface area contributed by atoms with E-state index in [4.69, 9.17) is 0 Å². The zero-order valence-corrected chi connectivity index (χ0v) is 32.7. The Labute approximate surface area is 337 Å². The van der Waals surface area contributed by atoms with Gasteiger partial charge in [-0.3, -0.25) is 14.4 Å². The van der Waals surface area contributed by atoms with E-state index in [9.17, 15) is 69.2 Å². The van der Waals surface area contributed by atoms with E-state index in [2.05, 4.69) is 0 Å². The topological polar surface area (TPSA) is 112 Å². The van der Waals surface area contributed by atoms with E-state index in [1.807, 2.05) is 0 Å². The van der Waals surface area contributed by atoms with Gasteiger partial charge < -0.3 is 15.3 Å². The Balaban J connectivity index is 0.000000208. The zero-order valence-electron chi connectivity index (χ0n) is 30.3. The van der Waals surface area contributed by atoms with Crippen molar-refractivity contribution in [2.24, 2.45) is 50.2 Å². The van der Waals surface area contributed by atoms with E-state index in [1.165, 1.54) is 0 Å². The van der Waals surface area contributed by atoms with Crippen LogP contribution in [0.2, 0.25) is 0 Å². The molecule has 0 aromatic heterocycles. The molecule has 52 heavy (non-hydrogen) atoms. The molecule has 6 saturated carbocycles. The van der Waals surface area contributed by atoms with Crippen molar-refractivity contribution in [3.63, 3.8) is 0 Å². The molecule has 0 spiro atoms. The summed E-state index contributed by atoms with van der Waals surface area (Å²) in [5, 5.41) is 27.8. The molecule has 6 aliphatic carbocycles. The molecule has 0 aliphatic heterocycles. The third-order valence-corrected chi connectivity index (χ3v) is 14.5. The minimum atomic E-state index is -4.83. The van der Waals surface area contributed by atoms with Crippen molar-refractivity contribution in [2.75, 3.05) is 0 Å². The van der Waals surface area contributed by atoms with Crippen LogP contribution in [-0.2, 0) is 14.4 Å². The first kappa shape index (κ1) is 45.0. The molecule has 3 N–H and O–H groups in total. The van der Waals surface area contributed by atoms with Crippen LogP contribution in [0.15, 0.2) is 34.0 Å². The van der Waals surface area contributed by atoms with Gasteiger partial charge in [0.1, 0.15) is 0 Å². The fourth-order valence-corrected chi connectivity index (χ4v) is 9.88. The summed E-state index contributed by atoms with van der Waals surface area (Å²) in [7, 11) is 0. The molecule has 0 amide bonds. The molecule has 1 radical (unpaired) electrons. The second-order valence-corrected chi connectivity index (χ2v) is 17.2. The number of hydrogen-bond donors (Lipinski definition) is 3. The molecular weight excluding hydrogens is 851 g/mol. The SMILES string of the molecule is CC12CCC(/C(=C(/O)C(F)(F)F)C1=O)C2(C)C.CC12CCC(/C(=C(\O)C(F)(F)F)C1=O)C2(C)C.CC12CCC(C(=C(O)C(F)(F)F)C1=O)C2(C)C.[Eu]. The number of alkyl halides is 9. The summed E-state index contributed by atoms with van der Waals surface area (Å²) in [5.41, 5.74) is -5.08. The molecule has 16 heteroatoms. The average Bonchev–Trinajstić information content (AvgIpc) is 3.59. The fraction of sp³-hybridized carbons (Fsp3) is 0.750. The van der Waals surface area contributed by atoms with Crippen molar-refractivity contribution in [1.82, 2.24) is 0 Å². The molecule has 6 fully saturated rings. The fourth-order valence-electron chi connectivity index (χ4n) is 9.88. The van der Waals surface area contributed by atoms with Gasteiger partial charge in [-0.05, 0) is 72.5 Å². The maximum absolute atomic E-state index is 12.5. The molecule has 0 aromatic carbocycles. The predicted molar refractivity (Wildman–Crippen MR) is 166 cm³/mol. The normalized spacial score (nSPS) is 38.0. The summed E-state index contributed by atoms with van der Waals surface area (Å²) >= 11 is 0. The Morgan fingerprint density at radius 3 is 0.750 bits per heavy atom. The second kappa shape index (κ2) is 13.1. The van der Waals surface area contributed by atoms with E-state index in [0.29, 0.717) is 38.5 Å². The third kappa shape index (κ3) is 6.16. The van der Waals surface area contributed by atoms with Gasteiger partial charge in [0.15, 0.2) is 17.3 Å². The van der Waals surface area contributed by atoms with Crippen molar-refractivity contribution in [3.8, 4) is 0 Å². The largest absolute Gasteiger partial charge is 0.504 e. The third-order valence-electron chi connectivity index (χ3n) is 14.5. The maximum atomic E-state index is 12.5. The molecule has 6 aliphatic rings. The Bertz CT molecular complexity index is 1460. The smallest absolute Gasteiger partial charge is 0.449 e. The molecule has 0 saturated heterocycles. The molecule has 0 aromatic rings. The van der Waals surface area contributed by atoms with Crippen LogP contribution in [-0.4, -0.2) is 51.2 Å². The van der Waals surface area contributed by atoms with Crippen molar-refractivity contribution in [2.45, 2.75) is 119 Å². The summed E-state index contributed by atoms with van der Waals surface area (Å²) in [6, 6.07) is 0. The number of aliphatic hydroxyl groups is 3. The van der Waals surface area contributed by atoms with Crippen molar-refractivity contribution in [1.29, 1.82) is 0 Å². The quantitative estimate of drug-likeness (QED) is 0.127. The van der Waals surface area contributed by atoms with Gasteiger partial charge in [0, 0.05) is 82.3 Å². The minimum Gasteiger partial charge on any atom is -0.504 e. The summed E-state index contributed by atoms with van der Waals surface area (Å²) < 4.78 is 113. The Kier molecular flexibility index (Phi) is 11.3. The van der Waals surface area contributed by atoms with E-state index in [0.717, 1.165) is 0 Å². The van der Waals surface area contributed by atoms with E-state index >= 15 is 0 Å². The summed E-state index contributed by atoms with van der Waals surface area (Å²) in [6.07, 6.45) is -11.1. The van der Waals surface area contributed by atoms with Gasteiger partial charge in [-0.1, -0.05) is 62.3 Å². The number of ketones is 3. The van der Waals surface area contributed by atoms with E-state index < -0.39 is 120 Å². The summed E-state index contributed by atoms with van der Waals surface area (Å²) in [6.45, 7) is 15.9. The van der Waals surface area contributed by atoms with Crippen molar-refractivity contribution in [3.05, 3.63) is 34.0 Å². The minimum absolute atomic E-state index is 0. The van der Waals surface area contributed by atoms with Gasteiger partial charge in [-0.25, -0.2) is 0 Å². The van der Waals surface area contributed by atoms with Gasteiger partial charge in [0.25, 0.3) is 0 Å². The van der Waals surface area contributed by atoms with Gasteiger partial charge >= 0.3 is 18.5 Å². The van der Waals surface area contributed by atoms with Crippen molar-refractivity contribution < 1.29 is 119 Å². The monoisotopic (exact) mass is 897 g/mol. The zero-order chi connectivity index (χ0) is 39.7. The molecule has 6 rings (SSSR count). The van der Waals surface area contributed by atoms with E-state index in [1.54, 1.807) is 62.3 Å². The molecule has 6 unspecified atom stereocenters. The van der Waals surface area contributed by atoms with Crippen LogP contribution in [0.3, 0.4) is 0 Å². The number of aliphatic hydroxyl groups excluding tert-OH is 3. The Morgan fingerprint density at radius 2 is 0.635 bits per heavy atom. The number of rotatable bonds is 0. The molecular formula is C36H45EuF9O6. The number of hydrogen-bond acceptors (Lipinski definition) is 6. The average molecular weight is 897 g/mol. The van der Waals surface area contributed by atoms with Gasteiger partial charge in [-0.2, -0.15) is 39.5 Å². The van der Waals surface area contributed by atoms with Crippen LogP contribution < -0.4 is 0 Å². The van der Waals surface area contributed by atoms with Crippen LogP contribution >= 0.6 is 0 Å². The molecule has 6 atom stereocenters. The maximum Gasteiger partial charge on any atom is 0.449 e. The van der Waals surface area contributed by atoms with Crippen molar-refractivity contribution >= 4 is 17.3 Å². The Hall–Kier alpha value is -1.42. The second-order valence-electron chi connectivity index (χ2n) is 17.2. The first-order valence-corrected chi connectivity index (χ1v) is 16.8. The number of carbonyl (C=O) groups excluding carboxylic acids is 3. The van der Waals surface area contributed by atoms with Gasteiger partial charge in [0.05, 0.1) is 0 Å².